The molecule has 1 aromatic carbocycles. The fraction of sp³-hybridized carbons (Fsp3) is 0.538. The van der Waals surface area contributed by atoms with Crippen molar-refractivity contribution >= 4 is 35.0 Å². The molecule has 0 amide bonds. The Morgan fingerprint density at radius 3 is 2.59 bits per heavy atom. The summed E-state index contributed by atoms with van der Waals surface area (Å²) >= 11 is 13.7. The van der Waals surface area contributed by atoms with Crippen LogP contribution in [0.3, 0.4) is 0 Å². The molecule has 1 atom stereocenters. The van der Waals surface area contributed by atoms with Crippen molar-refractivity contribution in [3.8, 4) is 0 Å². The predicted molar refractivity (Wildman–Crippen MR) is 76.1 cm³/mol. The summed E-state index contributed by atoms with van der Waals surface area (Å²) in [7, 11) is 0. The van der Waals surface area contributed by atoms with Crippen LogP contribution in [-0.4, -0.2) is 16.1 Å². The van der Waals surface area contributed by atoms with E-state index in [1.807, 2.05) is 17.8 Å². The highest BCUT2D eigenvalue weighted by atomic mass is 35.5. The van der Waals surface area contributed by atoms with E-state index in [1.165, 1.54) is 25.7 Å². The number of benzene rings is 1. The zero-order valence-corrected chi connectivity index (χ0v) is 11.9. The molecule has 1 nitrogen and oxygen atoms in total. The third-order valence-electron chi connectivity index (χ3n) is 3.12. The zero-order valence-electron chi connectivity index (χ0n) is 9.53. The van der Waals surface area contributed by atoms with Gasteiger partial charge in [-0.15, -0.1) is 0 Å². The van der Waals surface area contributed by atoms with E-state index in [0.717, 1.165) is 16.6 Å². The van der Waals surface area contributed by atoms with Crippen LogP contribution in [0.1, 0.15) is 37.4 Å². The number of rotatable bonds is 4. The molecule has 1 fully saturated rings. The third kappa shape index (κ3) is 3.78. The second-order valence-corrected chi connectivity index (χ2v) is 6.58. The van der Waals surface area contributed by atoms with Gasteiger partial charge in [0, 0.05) is 11.0 Å². The quantitative estimate of drug-likeness (QED) is 0.867. The van der Waals surface area contributed by atoms with Crippen LogP contribution in [0.15, 0.2) is 18.2 Å². The monoisotopic (exact) mass is 290 g/mol. The van der Waals surface area contributed by atoms with Gasteiger partial charge in [-0.25, -0.2) is 0 Å². The summed E-state index contributed by atoms with van der Waals surface area (Å²) in [5, 5.41) is 11.8. The van der Waals surface area contributed by atoms with Crippen molar-refractivity contribution in [1.82, 2.24) is 0 Å². The van der Waals surface area contributed by atoms with E-state index in [1.54, 1.807) is 12.1 Å². The molecule has 0 bridgehead atoms. The van der Waals surface area contributed by atoms with Crippen LogP contribution < -0.4 is 0 Å². The molecule has 0 spiro atoms. The molecule has 4 heteroatoms. The van der Waals surface area contributed by atoms with E-state index >= 15 is 0 Å². The fourth-order valence-corrected chi connectivity index (χ4v) is 3.72. The summed E-state index contributed by atoms with van der Waals surface area (Å²) in [6.45, 7) is 0. The first-order valence-corrected chi connectivity index (χ1v) is 7.72. The van der Waals surface area contributed by atoms with Gasteiger partial charge in [-0.2, -0.15) is 11.8 Å². The Hall–Kier alpha value is 0.110. The Morgan fingerprint density at radius 1 is 1.24 bits per heavy atom. The van der Waals surface area contributed by atoms with Crippen molar-refractivity contribution in [3.05, 3.63) is 33.8 Å². The van der Waals surface area contributed by atoms with E-state index in [4.69, 9.17) is 23.2 Å². The van der Waals surface area contributed by atoms with Crippen LogP contribution in [0.5, 0.6) is 0 Å². The Morgan fingerprint density at radius 2 is 1.94 bits per heavy atom. The molecule has 0 aromatic heterocycles. The minimum Gasteiger partial charge on any atom is -0.388 e. The first-order valence-electron chi connectivity index (χ1n) is 5.91. The van der Waals surface area contributed by atoms with Crippen molar-refractivity contribution in [2.75, 3.05) is 5.75 Å². The molecule has 1 N–H and O–H groups in total. The Bertz CT molecular complexity index is 378. The standard InChI is InChI=1S/C13H16Cl2OS/c14-11-6-5-9(7-12(11)15)13(16)8-17-10-3-1-2-4-10/h5-7,10,13,16H,1-4,8H2. The Labute approximate surface area is 117 Å². The van der Waals surface area contributed by atoms with Gasteiger partial charge in [0.05, 0.1) is 16.1 Å². The SMILES string of the molecule is OC(CSC1CCCC1)c1ccc(Cl)c(Cl)c1. The lowest BCUT2D eigenvalue weighted by molar-refractivity contribution is 0.204. The maximum atomic E-state index is 10.1. The molecule has 17 heavy (non-hydrogen) atoms. The summed E-state index contributed by atoms with van der Waals surface area (Å²) in [6.07, 6.45) is 4.80. The fourth-order valence-electron chi connectivity index (χ4n) is 2.10. The van der Waals surface area contributed by atoms with Gasteiger partial charge in [0.2, 0.25) is 0 Å². The summed E-state index contributed by atoms with van der Waals surface area (Å²) in [5.41, 5.74) is 0.852. The van der Waals surface area contributed by atoms with Crippen LogP contribution in [0.4, 0.5) is 0 Å². The summed E-state index contributed by atoms with van der Waals surface area (Å²) in [4.78, 5) is 0. The molecule has 1 aliphatic carbocycles. The van der Waals surface area contributed by atoms with Gasteiger partial charge in [-0.05, 0) is 30.5 Å². The predicted octanol–water partition coefficient (Wildman–Crippen LogP) is 4.70. The molecular formula is C13H16Cl2OS. The number of halogens is 2. The topological polar surface area (TPSA) is 20.2 Å². The maximum absolute atomic E-state index is 10.1. The largest absolute Gasteiger partial charge is 0.388 e. The van der Waals surface area contributed by atoms with Crippen molar-refractivity contribution in [2.24, 2.45) is 0 Å². The number of hydrogen-bond donors (Lipinski definition) is 1. The van der Waals surface area contributed by atoms with Crippen LogP contribution in [-0.2, 0) is 0 Å². The molecule has 2 rings (SSSR count). The third-order valence-corrected chi connectivity index (χ3v) is 5.31. The average Bonchev–Trinajstić information content (AvgIpc) is 2.82. The molecule has 1 aliphatic rings. The van der Waals surface area contributed by atoms with Gasteiger partial charge in [-0.1, -0.05) is 42.1 Å². The highest BCUT2D eigenvalue weighted by Gasteiger charge is 2.17. The lowest BCUT2D eigenvalue weighted by Crippen LogP contribution is -2.05. The van der Waals surface area contributed by atoms with Gasteiger partial charge in [0.1, 0.15) is 0 Å². The van der Waals surface area contributed by atoms with Gasteiger partial charge in [0.25, 0.3) is 0 Å². The lowest BCUT2D eigenvalue weighted by atomic mass is 10.1. The molecular weight excluding hydrogens is 275 g/mol. The highest BCUT2D eigenvalue weighted by Crippen LogP contribution is 2.33. The number of hydrogen-bond acceptors (Lipinski definition) is 2. The summed E-state index contributed by atoms with van der Waals surface area (Å²) in [5.74, 6) is 0.739. The molecule has 0 saturated heterocycles. The second-order valence-electron chi connectivity index (χ2n) is 4.43. The van der Waals surface area contributed by atoms with E-state index < -0.39 is 6.10 Å². The zero-order chi connectivity index (χ0) is 12.3. The summed E-state index contributed by atoms with van der Waals surface area (Å²) < 4.78 is 0. The Balaban J connectivity index is 1.89. The van der Waals surface area contributed by atoms with Gasteiger partial charge in [-0.3, -0.25) is 0 Å². The number of aliphatic hydroxyl groups is 1. The first kappa shape index (κ1) is 13.5. The number of aliphatic hydroxyl groups excluding tert-OH is 1. The normalized spacial score (nSPS) is 18.5. The van der Waals surface area contributed by atoms with Gasteiger partial charge in [0.15, 0.2) is 0 Å². The molecule has 0 heterocycles. The molecule has 1 unspecified atom stereocenters. The minimum atomic E-state index is -0.449. The Kier molecular flexibility index (Phi) is 5.04. The molecule has 1 aromatic rings. The van der Waals surface area contributed by atoms with Gasteiger partial charge < -0.3 is 5.11 Å². The molecule has 0 radical (unpaired) electrons. The van der Waals surface area contributed by atoms with Crippen LogP contribution in [0.2, 0.25) is 10.0 Å². The molecule has 1 saturated carbocycles. The van der Waals surface area contributed by atoms with E-state index in [2.05, 4.69) is 0 Å². The molecule has 0 aliphatic heterocycles. The van der Waals surface area contributed by atoms with Gasteiger partial charge >= 0.3 is 0 Å². The van der Waals surface area contributed by atoms with E-state index in [9.17, 15) is 5.11 Å². The van der Waals surface area contributed by atoms with Crippen molar-refractivity contribution in [2.45, 2.75) is 37.0 Å². The first-order chi connectivity index (χ1) is 8.16. The van der Waals surface area contributed by atoms with Crippen LogP contribution >= 0.6 is 35.0 Å². The average molecular weight is 291 g/mol. The van der Waals surface area contributed by atoms with Crippen molar-refractivity contribution in [3.63, 3.8) is 0 Å². The second kappa shape index (κ2) is 6.33. The number of thioether (sulfide) groups is 1. The van der Waals surface area contributed by atoms with Crippen LogP contribution in [0.25, 0.3) is 0 Å². The van der Waals surface area contributed by atoms with E-state index in [0.29, 0.717) is 10.0 Å². The maximum Gasteiger partial charge on any atom is 0.0881 e. The lowest BCUT2D eigenvalue weighted by Gasteiger charge is -2.14. The minimum absolute atomic E-state index is 0.449. The van der Waals surface area contributed by atoms with E-state index in [-0.39, 0.29) is 0 Å². The van der Waals surface area contributed by atoms with Crippen molar-refractivity contribution in [1.29, 1.82) is 0 Å². The summed E-state index contributed by atoms with van der Waals surface area (Å²) in [6, 6.07) is 5.33. The van der Waals surface area contributed by atoms with Crippen LogP contribution in [0, 0.1) is 0 Å². The van der Waals surface area contributed by atoms with Crippen molar-refractivity contribution < 1.29 is 5.11 Å². The highest BCUT2D eigenvalue weighted by molar-refractivity contribution is 7.99. The molecule has 94 valence electrons. The smallest absolute Gasteiger partial charge is 0.0881 e.